The molecule has 4 nitrogen and oxygen atoms in total. The van der Waals surface area contributed by atoms with Gasteiger partial charge in [-0.15, -0.1) is 0 Å². The van der Waals surface area contributed by atoms with E-state index in [1.807, 2.05) is 41.5 Å². The Kier molecular flexibility index (Phi) is 8.91. The molecule has 2 N–H and O–H groups in total. The van der Waals surface area contributed by atoms with E-state index in [2.05, 4.69) is 0 Å². The molecule has 0 saturated carbocycles. The predicted octanol–water partition coefficient (Wildman–Crippen LogP) is 3.59. The summed E-state index contributed by atoms with van der Waals surface area (Å²) in [7, 11) is 0. The summed E-state index contributed by atoms with van der Waals surface area (Å²) >= 11 is 0. The molecular formula is C16H34O4. The molecule has 0 spiro atoms. The van der Waals surface area contributed by atoms with Crippen molar-refractivity contribution in [2.45, 2.75) is 103 Å². The fourth-order valence-electron chi connectivity index (χ4n) is 1.96. The van der Waals surface area contributed by atoms with E-state index in [1.165, 1.54) is 0 Å². The Morgan fingerprint density at radius 1 is 0.750 bits per heavy atom. The zero-order valence-corrected chi connectivity index (χ0v) is 14.1. The molecule has 0 aliphatic heterocycles. The third-order valence-electron chi connectivity index (χ3n) is 4.22. The summed E-state index contributed by atoms with van der Waals surface area (Å²) in [6, 6.07) is 0. The standard InChI is InChI=1S/C16H34O4/c1-7-13(17)11-15(5,9-3)19-20-16(6,10-4)12-14(18)8-2/h13-14,17-18H,7-12H2,1-6H3. The fraction of sp³-hybridized carbons (Fsp3) is 1.00. The highest BCUT2D eigenvalue weighted by atomic mass is 17.2. The van der Waals surface area contributed by atoms with Crippen LogP contribution in [0.25, 0.3) is 0 Å². The van der Waals surface area contributed by atoms with Crippen LogP contribution in [0.2, 0.25) is 0 Å². The largest absolute Gasteiger partial charge is 0.393 e. The van der Waals surface area contributed by atoms with E-state index in [4.69, 9.17) is 9.78 Å². The van der Waals surface area contributed by atoms with Crippen molar-refractivity contribution >= 4 is 0 Å². The van der Waals surface area contributed by atoms with Gasteiger partial charge in [-0.25, -0.2) is 9.78 Å². The third kappa shape index (κ3) is 7.02. The summed E-state index contributed by atoms with van der Waals surface area (Å²) in [6.45, 7) is 11.9. The van der Waals surface area contributed by atoms with E-state index in [-0.39, 0.29) is 12.2 Å². The molecule has 0 saturated heterocycles. The number of hydrogen-bond acceptors (Lipinski definition) is 4. The van der Waals surface area contributed by atoms with Gasteiger partial charge in [0, 0.05) is 12.8 Å². The first-order chi connectivity index (χ1) is 9.24. The van der Waals surface area contributed by atoms with Crippen LogP contribution in [0.15, 0.2) is 0 Å². The first kappa shape index (κ1) is 19.8. The third-order valence-corrected chi connectivity index (χ3v) is 4.22. The van der Waals surface area contributed by atoms with Crippen LogP contribution < -0.4 is 0 Å². The molecule has 0 aliphatic rings. The van der Waals surface area contributed by atoms with Gasteiger partial charge in [-0.05, 0) is 39.5 Å². The minimum atomic E-state index is -0.497. The van der Waals surface area contributed by atoms with Gasteiger partial charge in [0.05, 0.1) is 12.2 Å². The summed E-state index contributed by atoms with van der Waals surface area (Å²) in [4.78, 5) is 11.4. The van der Waals surface area contributed by atoms with Crippen LogP contribution in [0, 0.1) is 0 Å². The van der Waals surface area contributed by atoms with Crippen molar-refractivity contribution in [3.05, 3.63) is 0 Å². The molecule has 0 aliphatic carbocycles. The van der Waals surface area contributed by atoms with Crippen LogP contribution in [0.3, 0.4) is 0 Å². The van der Waals surface area contributed by atoms with E-state index in [1.54, 1.807) is 0 Å². The van der Waals surface area contributed by atoms with Gasteiger partial charge in [-0.1, -0.05) is 27.7 Å². The molecule has 20 heavy (non-hydrogen) atoms. The molecule has 4 unspecified atom stereocenters. The summed E-state index contributed by atoms with van der Waals surface area (Å²) in [5, 5.41) is 19.6. The van der Waals surface area contributed by atoms with Gasteiger partial charge in [-0.2, -0.15) is 0 Å². The van der Waals surface area contributed by atoms with Crippen LogP contribution in [0.5, 0.6) is 0 Å². The maximum atomic E-state index is 9.82. The molecule has 122 valence electrons. The van der Waals surface area contributed by atoms with Crippen LogP contribution >= 0.6 is 0 Å². The van der Waals surface area contributed by atoms with Crippen molar-refractivity contribution < 1.29 is 20.0 Å². The van der Waals surface area contributed by atoms with Crippen LogP contribution in [0.4, 0.5) is 0 Å². The molecular weight excluding hydrogens is 256 g/mol. The monoisotopic (exact) mass is 290 g/mol. The van der Waals surface area contributed by atoms with Gasteiger partial charge in [-0.3, -0.25) is 0 Å². The second-order valence-corrected chi connectivity index (χ2v) is 6.31. The Balaban J connectivity index is 4.57. The van der Waals surface area contributed by atoms with Crippen LogP contribution in [-0.2, 0) is 9.78 Å². The number of aliphatic hydroxyl groups excluding tert-OH is 2. The van der Waals surface area contributed by atoms with Crippen molar-refractivity contribution in [2.24, 2.45) is 0 Å². The smallest absolute Gasteiger partial charge is 0.103 e. The molecule has 0 fully saturated rings. The minimum absolute atomic E-state index is 0.377. The molecule has 0 aromatic rings. The van der Waals surface area contributed by atoms with Crippen molar-refractivity contribution in [1.29, 1.82) is 0 Å². The highest BCUT2D eigenvalue weighted by Gasteiger charge is 2.33. The summed E-state index contributed by atoms with van der Waals surface area (Å²) in [6.07, 6.45) is 3.29. The zero-order valence-electron chi connectivity index (χ0n) is 14.1. The Morgan fingerprint density at radius 2 is 1.05 bits per heavy atom. The Hall–Kier alpha value is -0.160. The van der Waals surface area contributed by atoms with Gasteiger partial charge in [0.25, 0.3) is 0 Å². The quantitative estimate of drug-likeness (QED) is 0.451. The molecule has 0 aromatic heterocycles. The lowest BCUT2D eigenvalue weighted by molar-refractivity contribution is -0.414. The van der Waals surface area contributed by atoms with Crippen molar-refractivity contribution in [1.82, 2.24) is 0 Å². The maximum Gasteiger partial charge on any atom is 0.103 e. The SMILES string of the molecule is CCC(O)CC(C)(CC)OOC(C)(CC)CC(O)CC. The first-order valence-corrected chi connectivity index (χ1v) is 7.97. The second kappa shape index (κ2) is 8.98. The lowest BCUT2D eigenvalue weighted by Crippen LogP contribution is -2.39. The average Bonchev–Trinajstić information content (AvgIpc) is 2.45. The second-order valence-electron chi connectivity index (χ2n) is 6.31. The van der Waals surface area contributed by atoms with Crippen molar-refractivity contribution in [2.75, 3.05) is 0 Å². The van der Waals surface area contributed by atoms with Crippen molar-refractivity contribution in [3.63, 3.8) is 0 Å². The molecule has 0 rings (SSSR count). The highest BCUT2D eigenvalue weighted by Crippen LogP contribution is 2.29. The molecule has 0 heterocycles. The molecule has 4 heteroatoms. The minimum Gasteiger partial charge on any atom is -0.393 e. The highest BCUT2D eigenvalue weighted by molar-refractivity contribution is 4.78. The maximum absolute atomic E-state index is 9.82. The topological polar surface area (TPSA) is 58.9 Å². The number of rotatable bonds is 11. The molecule has 0 aromatic carbocycles. The average molecular weight is 290 g/mol. The van der Waals surface area contributed by atoms with E-state index in [9.17, 15) is 10.2 Å². The number of hydrogen-bond donors (Lipinski definition) is 2. The summed E-state index contributed by atoms with van der Waals surface area (Å²) < 4.78 is 0. The normalized spacial score (nSPS) is 21.0. The van der Waals surface area contributed by atoms with Crippen molar-refractivity contribution in [3.8, 4) is 0 Å². The Morgan fingerprint density at radius 3 is 1.25 bits per heavy atom. The fourth-order valence-corrected chi connectivity index (χ4v) is 1.96. The molecule has 0 amide bonds. The van der Waals surface area contributed by atoms with Gasteiger partial charge < -0.3 is 10.2 Å². The lowest BCUT2D eigenvalue weighted by atomic mass is 9.94. The zero-order chi connectivity index (χ0) is 15.8. The van der Waals surface area contributed by atoms with Crippen LogP contribution in [-0.4, -0.2) is 33.6 Å². The van der Waals surface area contributed by atoms with E-state index in [0.29, 0.717) is 25.7 Å². The Labute approximate surface area is 124 Å². The Bertz CT molecular complexity index is 233. The van der Waals surface area contributed by atoms with E-state index < -0.39 is 11.2 Å². The number of aliphatic hydroxyl groups is 2. The van der Waals surface area contributed by atoms with Gasteiger partial charge >= 0.3 is 0 Å². The predicted molar refractivity (Wildman–Crippen MR) is 81.4 cm³/mol. The van der Waals surface area contributed by atoms with E-state index >= 15 is 0 Å². The lowest BCUT2D eigenvalue weighted by Gasteiger charge is -2.35. The van der Waals surface area contributed by atoms with Gasteiger partial charge in [0.15, 0.2) is 0 Å². The van der Waals surface area contributed by atoms with E-state index in [0.717, 1.165) is 12.8 Å². The summed E-state index contributed by atoms with van der Waals surface area (Å²) in [5.41, 5.74) is -0.994. The van der Waals surface area contributed by atoms with Crippen LogP contribution in [0.1, 0.15) is 80.1 Å². The molecule has 4 atom stereocenters. The summed E-state index contributed by atoms with van der Waals surface area (Å²) in [5.74, 6) is 0. The molecule has 0 radical (unpaired) electrons. The molecule has 0 bridgehead atoms. The van der Waals surface area contributed by atoms with Gasteiger partial charge in [0.1, 0.15) is 11.2 Å². The first-order valence-electron chi connectivity index (χ1n) is 7.97. The van der Waals surface area contributed by atoms with Gasteiger partial charge in [0.2, 0.25) is 0 Å².